The van der Waals surface area contributed by atoms with E-state index in [0.717, 1.165) is 49.3 Å². The van der Waals surface area contributed by atoms with Crippen molar-refractivity contribution in [1.29, 1.82) is 0 Å². The van der Waals surface area contributed by atoms with Crippen molar-refractivity contribution in [2.45, 2.75) is 25.0 Å². The normalized spacial score (nSPS) is 22.2. The Morgan fingerprint density at radius 1 is 0.919 bits per heavy atom. The third-order valence-electron chi connectivity index (χ3n) is 7.51. The van der Waals surface area contributed by atoms with Crippen molar-refractivity contribution in [3.63, 3.8) is 0 Å². The van der Waals surface area contributed by atoms with Crippen LogP contribution in [0, 0.1) is 17.6 Å². The van der Waals surface area contributed by atoms with Gasteiger partial charge in [-0.2, -0.15) is 0 Å². The summed E-state index contributed by atoms with van der Waals surface area (Å²) in [6.07, 6.45) is 0.576. The molecule has 0 unspecified atom stereocenters. The minimum atomic E-state index is -0.917. The van der Waals surface area contributed by atoms with Crippen LogP contribution in [-0.4, -0.2) is 49.4 Å². The second-order valence-corrected chi connectivity index (χ2v) is 9.84. The molecule has 1 amide bonds. The number of amides is 1. The molecule has 37 heavy (non-hydrogen) atoms. The maximum absolute atomic E-state index is 13.9. The Morgan fingerprint density at radius 3 is 2.14 bits per heavy atom. The average Bonchev–Trinajstić information content (AvgIpc) is 2.88. The topological polar surface area (TPSA) is 47.6 Å². The van der Waals surface area contributed by atoms with Gasteiger partial charge < -0.3 is 36.3 Å². The van der Waals surface area contributed by atoms with E-state index in [1.807, 2.05) is 30.3 Å². The number of ether oxygens (including phenoxy) is 2. The lowest BCUT2D eigenvalue weighted by Crippen LogP contribution is -3.00. The molecule has 3 aromatic carbocycles. The van der Waals surface area contributed by atoms with Crippen LogP contribution in [-0.2, 0) is 4.74 Å². The van der Waals surface area contributed by atoms with Gasteiger partial charge in [0.15, 0.2) is 6.10 Å². The van der Waals surface area contributed by atoms with Crippen LogP contribution < -0.4 is 27.0 Å². The lowest BCUT2D eigenvalue weighted by molar-refractivity contribution is -0.943. The molecule has 0 radical (unpaired) electrons. The number of rotatable bonds is 8. The number of halogens is 3. The maximum atomic E-state index is 13.9. The van der Waals surface area contributed by atoms with Crippen LogP contribution in [0.3, 0.4) is 0 Å². The summed E-state index contributed by atoms with van der Waals surface area (Å²) in [5.41, 5.74) is 0.900. The van der Waals surface area contributed by atoms with Gasteiger partial charge in [0.2, 0.25) is 0 Å². The lowest BCUT2D eigenvalue weighted by Gasteiger charge is -2.52. The highest BCUT2D eigenvalue weighted by atomic mass is 79.9. The Labute approximate surface area is 226 Å². The summed E-state index contributed by atoms with van der Waals surface area (Å²) in [5.74, 6) is 0.370. The highest BCUT2D eigenvalue weighted by molar-refractivity contribution is 5.68. The van der Waals surface area contributed by atoms with E-state index in [1.165, 1.54) is 24.3 Å². The van der Waals surface area contributed by atoms with E-state index < -0.39 is 23.8 Å². The number of hydrogen-bond acceptors (Lipinski definition) is 3. The number of fused-ring (bicyclic) bond motifs is 3. The molecule has 5 nitrogen and oxygen atoms in total. The van der Waals surface area contributed by atoms with Gasteiger partial charge in [0.25, 0.3) is 0 Å². The number of benzene rings is 3. The van der Waals surface area contributed by atoms with Crippen LogP contribution in [0.15, 0.2) is 78.9 Å². The Hall–Kier alpha value is -2.97. The van der Waals surface area contributed by atoms with Gasteiger partial charge in [-0.05, 0) is 53.4 Å². The van der Waals surface area contributed by atoms with Gasteiger partial charge in [0.05, 0.1) is 25.7 Å². The van der Waals surface area contributed by atoms with E-state index in [2.05, 4.69) is 5.32 Å². The van der Waals surface area contributed by atoms with Crippen molar-refractivity contribution in [1.82, 2.24) is 5.32 Å². The third kappa shape index (κ3) is 6.67. The second kappa shape index (κ2) is 12.0. The molecule has 3 aliphatic heterocycles. The summed E-state index contributed by atoms with van der Waals surface area (Å²) >= 11 is 0. The largest absolute Gasteiger partial charge is 1.00 e. The van der Waals surface area contributed by atoms with Crippen molar-refractivity contribution in [2.75, 3.05) is 32.8 Å². The molecule has 3 saturated heterocycles. The summed E-state index contributed by atoms with van der Waals surface area (Å²) < 4.78 is 40.5. The van der Waals surface area contributed by atoms with Crippen molar-refractivity contribution < 1.29 is 44.5 Å². The van der Waals surface area contributed by atoms with E-state index in [4.69, 9.17) is 9.47 Å². The molecule has 3 fully saturated rings. The highest BCUT2D eigenvalue weighted by Crippen LogP contribution is 2.34. The number of hydrogen-bond donors (Lipinski definition) is 1. The van der Waals surface area contributed by atoms with E-state index in [0.29, 0.717) is 23.7 Å². The molecule has 0 spiro atoms. The number of piperidine rings is 3. The van der Waals surface area contributed by atoms with Crippen LogP contribution in [0.5, 0.6) is 5.75 Å². The molecule has 3 aliphatic rings. The fourth-order valence-corrected chi connectivity index (χ4v) is 5.60. The summed E-state index contributed by atoms with van der Waals surface area (Å²) in [4.78, 5) is 13.1. The predicted molar refractivity (Wildman–Crippen MR) is 132 cm³/mol. The molecule has 1 N–H and O–H groups in total. The summed E-state index contributed by atoms with van der Waals surface area (Å²) in [6, 6.07) is 21.5. The number of nitrogens with one attached hydrogen (secondary N) is 1. The number of para-hydroxylation sites is 1. The monoisotopic (exact) mass is 572 g/mol. The molecule has 6 rings (SSSR count). The zero-order valence-electron chi connectivity index (χ0n) is 20.5. The number of quaternary nitrogens is 1. The standard InChI is InChI=1S/C29H30F2N2O3.BrH/c30-24-8-4-6-22(18-24)28(23-7-5-9-25(31)19-23)36-29(34)32-27-20-33(14-12-21(27)13-15-33)16-17-35-26-10-2-1-3-11-26;/h1-11,18-19,21,27-28H,12-17,20H2;1H/t21?,27-,33?;/m0./s1. The van der Waals surface area contributed by atoms with Gasteiger partial charge in [0.1, 0.15) is 30.5 Å². The van der Waals surface area contributed by atoms with Gasteiger partial charge in [-0.1, -0.05) is 42.5 Å². The van der Waals surface area contributed by atoms with Crippen molar-refractivity contribution in [3.05, 3.63) is 102 Å². The minimum Gasteiger partial charge on any atom is -1.00 e. The molecule has 1 atom stereocenters. The zero-order chi connectivity index (χ0) is 25.0. The summed E-state index contributed by atoms with van der Waals surface area (Å²) in [5, 5.41) is 3.08. The first-order chi connectivity index (χ1) is 17.5. The van der Waals surface area contributed by atoms with Gasteiger partial charge >= 0.3 is 6.09 Å². The second-order valence-electron chi connectivity index (χ2n) is 9.84. The first kappa shape index (κ1) is 27.1. The Kier molecular flexibility index (Phi) is 8.82. The molecule has 8 heteroatoms. The quantitative estimate of drug-likeness (QED) is 0.422. The molecule has 0 aliphatic carbocycles. The van der Waals surface area contributed by atoms with Crippen LogP contribution in [0.25, 0.3) is 0 Å². The van der Waals surface area contributed by atoms with Crippen LogP contribution in [0.4, 0.5) is 13.6 Å². The molecular formula is C29H31BrF2N2O3. The molecule has 2 bridgehead atoms. The zero-order valence-corrected chi connectivity index (χ0v) is 22.1. The van der Waals surface area contributed by atoms with Crippen LogP contribution >= 0.6 is 0 Å². The lowest BCUT2D eigenvalue weighted by atomic mass is 9.81. The van der Waals surface area contributed by atoms with Crippen LogP contribution in [0.2, 0.25) is 0 Å². The first-order valence-corrected chi connectivity index (χ1v) is 12.5. The number of nitrogens with zero attached hydrogens (tertiary/aromatic N) is 1. The van der Waals surface area contributed by atoms with Gasteiger partial charge in [0, 0.05) is 12.8 Å². The predicted octanol–water partition coefficient (Wildman–Crippen LogP) is 2.47. The summed E-state index contributed by atoms with van der Waals surface area (Å²) in [6.45, 7) is 4.47. The Morgan fingerprint density at radius 2 is 1.54 bits per heavy atom. The van der Waals surface area contributed by atoms with E-state index in [-0.39, 0.29) is 23.0 Å². The molecule has 3 aromatic rings. The Bertz CT molecular complexity index is 1140. The van der Waals surface area contributed by atoms with Gasteiger partial charge in [-0.25, -0.2) is 13.6 Å². The van der Waals surface area contributed by atoms with Crippen molar-refractivity contribution >= 4 is 6.09 Å². The fraction of sp³-hybridized carbons (Fsp3) is 0.345. The number of carbonyl (C=O) groups is 1. The van der Waals surface area contributed by atoms with Gasteiger partial charge in [-0.15, -0.1) is 0 Å². The Balaban J connectivity index is 0.00000320. The SMILES string of the molecule is O=C(N[C@H]1C[N+]2(CCOc3ccccc3)CCC1CC2)OC(c1cccc(F)c1)c1cccc(F)c1.[Br-]. The average molecular weight is 573 g/mol. The highest BCUT2D eigenvalue weighted by Gasteiger charge is 2.46. The molecular weight excluding hydrogens is 542 g/mol. The van der Waals surface area contributed by atoms with Crippen molar-refractivity contribution in [2.24, 2.45) is 5.92 Å². The molecule has 0 aromatic heterocycles. The minimum absolute atomic E-state index is 0. The fourth-order valence-electron chi connectivity index (χ4n) is 5.60. The first-order valence-electron chi connectivity index (χ1n) is 12.5. The van der Waals surface area contributed by atoms with Gasteiger partial charge in [-0.3, -0.25) is 0 Å². The maximum Gasteiger partial charge on any atom is 0.408 e. The van der Waals surface area contributed by atoms with E-state index >= 15 is 0 Å². The summed E-state index contributed by atoms with van der Waals surface area (Å²) in [7, 11) is 0. The number of alkyl carbamates (subject to hydrolysis) is 1. The molecule has 0 saturated carbocycles. The van der Waals surface area contributed by atoms with Crippen LogP contribution in [0.1, 0.15) is 30.1 Å². The number of carbonyl (C=O) groups excluding carboxylic acids is 1. The van der Waals surface area contributed by atoms with E-state index in [9.17, 15) is 13.6 Å². The molecule has 3 heterocycles. The van der Waals surface area contributed by atoms with E-state index in [1.54, 1.807) is 24.3 Å². The van der Waals surface area contributed by atoms with Crippen molar-refractivity contribution in [3.8, 4) is 5.75 Å². The third-order valence-corrected chi connectivity index (χ3v) is 7.51. The molecule has 196 valence electrons. The smallest absolute Gasteiger partial charge is 0.408 e.